The molecule has 132 valence electrons. The second kappa shape index (κ2) is 7.89. The Bertz CT molecular complexity index is 754. The van der Waals surface area contributed by atoms with Gasteiger partial charge in [-0.1, -0.05) is 35.4 Å². The normalized spacial score (nSPS) is 15.2. The number of halogens is 1. The van der Waals surface area contributed by atoms with Crippen molar-refractivity contribution in [1.82, 2.24) is 4.90 Å². The fourth-order valence-corrected chi connectivity index (χ4v) is 3.37. The summed E-state index contributed by atoms with van der Waals surface area (Å²) in [6.07, 6.45) is 0. The minimum Gasteiger partial charge on any atom is -0.369 e. The minimum atomic E-state index is 0.0446. The number of carbonyl (C=O) groups excluding carboxylic acids is 1. The second-order valence-corrected chi connectivity index (χ2v) is 7.05. The number of aryl methyl sites for hydroxylation is 2. The molecular formula is C20H24ClN3O. The van der Waals surface area contributed by atoms with E-state index in [4.69, 9.17) is 11.6 Å². The van der Waals surface area contributed by atoms with E-state index in [0.717, 1.165) is 48.1 Å². The fourth-order valence-electron chi connectivity index (χ4n) is 3.18. The van der Waals surface area contributed by atoms with E-state index in [9.17, 15) is 4.79 Å². The first-order valence-electron chi connectivity index (χ1n) is 8.61. The predicted molar refractivity (Wildman–Crippen MR) is 105 cm³/mol. The molecule has 1 saturated heterocycles. The molecule has 4 nitrogen and oxygen atoms in total. The van der Waals surface area contributed by atoms with Crippen LogP contribution in [0.2, 0.25) is 5.02 Å². The zero-order chi connectivity index (χ0) is 17.8. The van der Waals surface area contributed by atoms with Gasteiger partial charge in [0.05, 0.1) is 6.54 Å². The third-order valence-corrected chi connectivity index (χ3v) is 4.80. The molecule has 0 radical (unpaired) electrons. The monoisotopic (exact) mass is 357 g/mol. The molecule has 5 heteroatoms. The number of piperazine rings is 1. The Morgan fingerprint density at radius 2 is 1.84 bits per heavy atom. The van der Waals surface area contributed by atoms with E-state index in [1.165, 1.54) is 5.56 Å². The largest absolute Gasteiger partial charge is 0.369 e. The molecule has 0 bridgehead atoms. The zero-order valence-corrected chi connectivity index (χ0v) is 15.5. The van der Waals surface area contributed by atoms with E-state index in [-0.39, 0.29) is 5.91 Å². The van der Waals surface area contributed by atoms with Gasteiger partial charge in [-0.05, 0) is 43.7 Å². The number of carbonyl (C=O) groups is 1. The molecule has 0 saturated carbocycles. The first-order chi connectivity index (χ1) is 12.0. The Hall–Kier alpha value is -2.04. The summed E-state index contributed by atoms with van der Waals surface area (Å²) in [5.41, 5.74) is 4.34. The molecule has 1 fully saturated rings. The van der Waals surface area contributed by atoms with Crippen molar-refractivity contribution in [1.29, 1.82) is 0 Å². The van der Waals surface area contributed by atoms with E-state index in [0.29, 0.717) is 6.54 Å². The van der Waals surface area contributed by atoms with Crippen LogP contribution >= 0.6 is 11.6 Å². The predicted octanol–water partition coefficient (Wildman–Crippen LogP) is 3.72. The highest BCUT2D eigenvalue weighted by Crippen LogP contribution is 2.21. The number of hydrogen-bond donors (Lipinski definition) is 1. The highest BCUT2D eigenvalue weighted by molar-refractivity contribution is 6.30. The van der Waals surface area contributed by atoms with Gasteiger partial charge in [-0.2, -0.15) is 0 Å². The van der Waals surface area contributed by atoms with Gasteiger partial charge in [0, 0.05) is 42.6 Å². The molecule has 1 heterocycles. The van der Waals surface area contributed by atoms with Crippen LogP contribution in [-0.4, -0.2) is 43.5 Å². The molecule has 1 amide bonds. The molecular weight excluding hydrogens is 334 g/mol. The number of benzene rings is 2. The van der Waals surface area contributed by atoms with Crippen molar-refractivity contribution in [2.45, 2.75) is 13.8 Å². The van der Waals surface area contributed by atoms with Gasteiger partial charge in [0.15, 0.2) is 0 Å². The lowest BCUT2D eigenvalue weighted by Gasteiger charge is -2.35. The Labute approximate surface area is 154 Å². The smallest absolute Gasteiger partial charge is 0.238 e. The van der Waals surface area contributed by atoms with Crippen LogP contribution in [0.5, 0.6) is 0 Å². The van der Waals surface area contributed by atoms with Crippen LogP contribution in [0.4, 0.5) is 11.4 Å². The molecule has 3 rings (SSSR count). The van der Waals surface area contributed by atoms with Gasteiger partial charge in [-0.3, -0.25) is 9.69 Å². The van der Waals surface area contributed by atoms with E-state index in [2.05, 4.69) is 34.2 Å². The van der Waals surface area contributed by atoms with Gasteiger partial charge in [-0.25, -0.2) is 0 Å². The summed E-state index contributed by atoms with van der Waals surface area (Å²) in [5.74, 6) is 0.0446. The zero-order valence-electron chi connectivity index (χ0n) is 14.8. The molecule has 1 aliphatic heterocycles. The molecule has 0 spiro atoms. The lowest BCUT2D eigenvalue weighted by molar-refractivity contribution is -0.117. The number of amides is 1. The Balaban J connectivity index is 1.51. The van der Waals surface area contributed by atoms with Crippen LogP contribution in [0.1, 0.15) is 11.1 Å². The summed E-state index contributed by atoms with van der Waals surface area (Å²) in [7, 11) is 0. The lowest BCUT2D eigenvalue weighted by Crippen LogP contribution is -2.48. The highest BCUT2D eigenvalue weighted by Gasteiger charge is 2.19. The van der Waals surface area contributed by atoms with Crippen molar-refractivity contribution >= 4 is 28.9 Å². The molecule has 0 aromatic heterocycles. The lowest BCUT2D eigenvalue weighted by atomic mass is 10.1. The summed E-state index contributed by atoms with van der Waals surface area (Å²) < 4.78 is 0. The first-order valence-corrected chi connectivity index (χ1v) is 8.99. The number of anilines is 2. The van der Waals surface area contributed by atoms with Crippen molar-refractivity contribution < 1.29 is 4.79 Å². The van der Waals surface area contributed by atoms with Crippen LogP contribution < -0.4 is 10.2 Å². The van der Waals surface area contributed by atoms with Gasteiger partial charge in [-0.15, -0.1) is 0 Å². The molecule has 1 aliphatic rings. The van der Waals surface area contributed by atoms with E-state index in [1.807, 2.05) is 37.3 Å². The number of hydrogen-bond acceptors (Lipinski definition) is 3. The Kier molecular flexibility index (Phi) is 5.61. The SMILES string of the molecule is Cc1ccc(NC(=O)CN2CCN(c3cccc(Cl)c3)CC2)c(C)c1. The molecule has 2 aromatic rings. The summed E-state index contributed by atoms with van der Waals surface area (Å²) in [6.45, 7) is 8.04. The van der Waals surface area contributed by atoms with Crippen molar-refractivity contribution in [3.63, 3.8) is 0 Å². The summed E-state index contributed by atoms with van der Waals surface area (Å²) >= 11 is 6.07. The maximum atomic E-state index is 12.3. The second-order valence-electron chi connectivity index (χ2n) is 6.61. The maximum absolute atomic E-state index is 12.3. The average molecular weight is 358 g/mol. The quantitative estimate of drug-likeness (QED) is 0.905. The van der Waals surface area contributed by atoms with Crippen LogP contribution in [0.3, 0.4) is 0 Å². The first kappa shape index (κ1) is 17.8. The van der Waals surface area contributed by atoms with Gasteiger partial charge < -0.3 is 10.2 Å². The van der Waals surface area contributed by atoms with Crippen molar-refractivity contribution in [3.05, 3.63) is 58.6 Å². The van der Waals surface area contributed by atoms with Crippen molar-refractivity contribution in [3.8, 4) is 0 Å². The van der Waals surface area contributed by atoms with E-state index < -0.39 is 0 Å². The van der Waals surface area contributed by atoms with Crippen molar-refractivity contribution in [2.24, 2.45) is 0 Å². The van der Waals surface area contributed by atoms with Crippen molar-refractivity contribution in [2.75, 3.05) is 42.9 Å². The topological polar surface area (TPSA) is 35.6 Å². The summed E-state index contributed by atoms with van der Waals surface area (Å²) in [5, 5.41) is 3.78. The Morgan fingerprint density at radius 3 is 2.52 bits per heavy atom. The van der Waals surface area contributed by atoms with Crippen LogP contribution in [0, 0.1) is 13.8 Å². The molecule has 1 N–H and O–H groups in total. The molecule has 0 atom stereocenters. The number of rotatable bonds is 4. The van der Waals surface area contributed by atoms with Crippen LogP contribution in [0.25, 0.3) is 0 Å². The fraction of sp³-hybridized carbons (Fsp3) is 0.350. The third kappa shape index (κ3) is 4.74. The molecule has 0 aliphatic carbocycles. The van der Waals surface area contributed by atoms with E-state index in [1.54, 1.807) is 0 Å². The van der Waals surface area contributed by atoms with Gasteiger partial charge in [0.1, 0.15) is 0 Å². The number of nitrogens with zero attached hydrogens (tertiary/aromatic N) is 2. The standard InChI is InChI=1S/C20H24ClN3O/c1-15-6-7-19(16(2)12-15)22-20(25)14-23-8-10-24(11-9-23)18-5-3-4-17(21)13-18/h3-7,12-13H,8-11,14H2,1-2H3,(H,22,25). The highest BCUT2D eigenvalue weighted by atomic mass is 35.5. The summed E-state index contributed by atoms with van der Waals surface area (Å²) in [4.78, 5) is 16.8. The molecule has 2 aromatic carbocycles. The summed E-state index contributed by atoms with van der Waals surface area (Å²) in [6, 6.07) is 14.0. The minimum absolute atomic E-state index is 0.0446. The van der Waals surface area contributed by atoms with E-state index >= 15 is 0 Å². The van der Waals surface area contributed by atoms with Crippen LogP contribution in [-0.2, 0) is 4.79 Å². The average Bonchev–Trinajstić information content (AvgIpc) is 2.58. The van der Waals surface area contributed by atoms with Crippen LogP contribution in [0.15, 0.2) is 42.5 Å². The maximum Gasteiger partial charge on any atom is 0.238 e. The Morgan fingerprint density at radius 1 is 1.08 bits per heavy atom. The van der Waals surface area contributed by atoms with Gasteiger partial charge in [0.2, 0.25) is 5.91 Å². The van der Waals surface area contributed by atoms with Gasteiger partial charge >= 0.3 is 0 Å². The molecule has 25 heavy (non-hydrogen) atoms. The van der Waals surface area contributed by atoms with Gasteiger partial charge in [0.25, 0.3) is 0 Å². The molecule has 0 unspecified atom stereocenters. The third-order valence-electron chi connectivity index (χ3n) is 4.57. The number of nitrogens with one attached hydrogen (secondary N) is 1.